The van der Waals surface area contributed by atoms with E-state index in [0.29, 0.717) is 6.04 Å². The van der Waals surface area contributed by atoms with Crippen LogP contribution in [-0.2, 0) is 11.3 Å². The second-order valence-corrected chi connectivity index (χ2v) is 6.22. The lowest BCUT2D eigenvalue weighted by Gasteiger charge is -2.43. The predicted octanol–water partition coefficient (Wildman–Crippen LogP) is 2.80. The van der Waals surface area contributed by atoms with Crippen molar-refractivity contribution in [1.82, 2.24) is 5.32 Å². The summed E-state index contributed by atoms with van der Waals surface area (Å²) in [6, 6.07) is 9.42. The van der Waals surface area contributed by atoms with Crippen LogP contribution in [0.4, 0.5) is 5.69 Å². The Morgan fingerprint density at radius 3 is 2.53 bits per heavy atom. The normalized spacial score (nSPS) is 18.9. The Morgan fingerprint density at radius 1 is 1.26 bits per heavy atom. The average Bonchev–Trinajstić information content (AvgIpc) is 2.37. The minimum absolute atomic E-state index is 0.0793. The van der Waals surface area contributed by atoms with E-state index in [1.807, 2.05) is 0 Å². The van der Waals surface area contributed by atoms with E-state index >= 15 is 0 Å². The minimum Gasteiger partial charge on any atom is -0.377 e. The van der Waals surface area contributed by atoms with Crippen molar-refractivity contribution in [2.45, 2.75) is 45.8 Å². The number of nitrogens with zero attached hydrogens (tertiary/aromatic N) is 1. The zero-order valence-electron chi connectivity index (χ0n) is 12.6. The molecule has 0 bridgehead atoms. The van der Waals surface area contributed by atoms with Gasteiger partial charge in [0.2, 0.25) is 0 Å². The van der Waals surface area contributed by atoms with Gasteiger partial charge < -0.3 is 15.0 Å². The fourth-order valence-electron chi connectivity index (χ4n) is 2.45. The van der Waals surface area contributed by atoms with E-state index in [0.717, 1.165) is 26.3 Å². The molecule has 0 saturated carbocycles. The highest BCUT2D eigenvalue weighted by Gasteiger charge is 2.30. The zero-order valence-corrected chi connectivity index (χ0v) is 12.6. The van der Waals surface area contributed by atoms with E-state index in [4.69, 9.17) is 4.74 Å². The van der Waals surface area contributed by atoms with Gasteiger partial charge in [-0.3, -0.25) is 0 Å². The largest absolute Gasteiger partial charge is 0.377 e. The van der Waals surface area contributed by atoms with E-state index in [-0.39, 0.29) is 5.54 Å². The maximum absolute atomic E-state index is 5.57. The van der Waals surface area contributed by atoms with Crippen LogP contribution in [-0.4, -0.2) is 31.3 Å². The molecule has 1 aliphatic heterocycles. The summed E-state index contributed by atoms with van der Waals surface area (Å²) in [6.45, 7) is 12.3. The highest BCUT2D eigenvalue weighted by Crippen LogP contribution is 2.27. The molecular weight excluding hydrogens is 236 g/mol. The first-order valence-corrected chi connectivity index (χ1v) is 7.17. The molecule has 1 fully saturated rings. The fourth-order valence-corrected chi connectivity index (χ4v) is 2.45. The van der Waals surface area contributed by atoms with Gasteiger partial charge in [-0.05, 0) is 31.5 Å². The second-order valence-electron chi connectivity index (χ2n) is 6.22. The maximum atomic E-state index is 5.57. The summed E-state index contributed by atoms with van der Waals surface area (Å²) in [6.07, 6.45) is 0. The molecule has 1 heterocycles. The summed E-state index contributed by atoms with van der Waals surface area (Å²) in [5, 5.41) is 3.44. The molecule has 0 aromatic heterocycles. The highest BCUT2D eigenvalue weighted by atomic mass is 16.5. The average molecular weight is 262 g/mol. The summed E-state index contributed by atoms with van der Waals surface area (Å²) in [7, 11) is 0. The number of anilines is 1. The van der Waals surface area contributed by atoms with Crippen molar-refractivity contribution in [3.63, 3.8) is 0 Å². The predicted molar refractivity (Wildman–Crippen MR) is 80.7 cm³/mol. The molecule has 0 atom stereocenters. The first-order chi connectivity index (χ1) is 8.99. The van der Waals surface area contributed by atoms with E-state index in [1.165, 1.54) is 11.3 Å². The molecule has 2 rings (SSSR count). The molecule has 1 aliphatic rings. The molecule has 1 aromatic carbocycles. The van der Waals surface area contributed by atoms with Crippen LogP contribution in [0.2, 0.25) is 0 Å². The van der Waals surface area contributed by atoms with Gasteiger partial charge in [0.25, 0.3) is 0 Å². The Hall–Kier alpha value is -1.06. The van der Waals surface area contributed by atoms with E-state index in [2.05, 4.69) is 62.2 Å². The van der Waals surface area contributed by atoms with Crippen molar-refractivity contribution in [3.8, 4) is 0 Å². The van der Waals surface area contributed by atoms with Crippen LogP contribution >= 0.6 is 0 Å². The lowest BCUT2D eigenvalue weighted by molar-refractivity contribution is 0.0644. The molecule has 1 N–H and O–H groups in total. The van der Waals surface area contributed by atoms with Crippen molar-refractivity contribution in [1.29, 1.82) is 0 Å². The molecule has 19 heavy (non-hydrogen) atoms. The molecule has 0 amide bonds. The molecule has 3 nitrogen and oxygen atoms in total. The highest BCUT2D eigenvalue weighted by molar-refractivity contribution is 5.50. The fraction of sp³-hybridized carbons (Fsp3) is 0.625. The lowest BCUT2D eigenvalue weighted by Crippen LogP contribution is -2.53. The summed E-state index contributed by atoms with van der Waals surface area (Å²) < 4.78 is 5.57. The zero-order chi connectivity index (χ0) is 13.9. The van der Waals surface area contributed by atoms with Gasteiger partial charge in [0.1, 0.15) is 0 Å². The number of morpholine rings is 1. The van der Waals surface area contributed by atoms with Crippen LogP contribution in [0, 0.1) is 0 Å². The Morgan fingerprint density at radius 2 is 1.95 bits per heavy atom. The van der Waals surface area contributed by atoms with Gasteiger partial charge in [0.05, 0.1) is 18.8 Å². The quantitative estimate of drug-likeness (QED) is 0.903. The molecule has 1 saturated heterocycles. The van der Waals surface area contributed by atoms with Gasteiger partial charge in [-0.2, -0.15) is 0 Å². The number of ether oxygens (including phenoxy) is 1. The number of nitrogens with one attached hydrogen (secondary N) is 1. The van der Waals surface area contributed by atoms with Crippen LogP contribution in [0.1, 0.15) is 33.3 Å². The first kappa shape index (κ1) is 14.4. The Bertz CT molecular complexity index is 398. The molecule has 0 radical (unpaired) electrons. The topological polar surface area (TPSA) is 24.5 Å². The van der Waals surface area contributed by atoms with Crippen LogP contribution in [0.3, 0.4) is 0 Å². The summed E-state index contributed by atoms with van der Waals surface area (Å²) >= 11 is 0. The molecule has 0 unspecified atom stereocenters. The maximum Gasteiger partial charge on any atom is 0.0694 e. The monoisotopic (exact) mass is 262 g/mol. The van der Waals surface area contributed by atoms with E-state index in [1.54, 1.807) is 0 Å². The molecule has 1 aromatic rings. The van der Waals surface area contributed by atoms with Crippen molar-refractivity contribution in [2.75, 3.05) is 24.7 Å². The molecule has 106 valence electrons. The number of hydrogen-bond acceptors (Lipinski definition) is 3. The summed E-state index contributed by atoms with van der Waals surface area (Å²) in [4.78, 5) is 2.44. The lowest BCUT2D eigenvalue weighted by atomic mass is 10.0. The number of rotatable bonds is 4. The molecule has 3 heteroatoms. The third-order valence-corrected chi connectivity index (χ3v) is 3.61. The summed E-state index contributed by atoms with van der Waals surface area (Å²) in [5.41, 5.74) is 2.71. The first-order valence-electron chi connectivity index (χ1n) is 7.17. The van der Waals surface area contributed by atoms with Crippen molar-refractivity contribution in [2.24, 2.45) is 0 Å². The standard InChI is InChI=1S/C16H26N2O/c1-13(2)17-11-14-5-7-15(8-6-14)18-9-10-19-12-16(18,3)4/h5-8,13,17H,9-12H2,1-4H3. The van der Waals surface area contributed by atoms with E-state index < -0.39 is 0 Å². The number of hydrogen-bond donors (Lipinski definition) is 1. The molecule has 0 spiro atoms. The van der Waals surface area contributed by atoms with Crippen LogP contribution in [0.5, 0.6) is 0 Å². The van der Waals surface area contributed by atoms with Gasteiger partial charge in [-0.25, -0.2) is 0 Å². The SMILES string of the molecule is CC(C)NCc1ccc(N2CCOCC2(C)C)cc1. The van der Waals surface area contributed by atoms with Crippen molar-refractivity contribution < 1.29 is 4.74 Å². The van der Waals surface area contributed by atoms with Crippen LogP contribution in [0.15, 0.2) is 24.3 Å². The van der Waals surface area contributed by atoms with E-state index in [9.17, 15) is 0 Å². The van der Waals surface area contributed by atoms with Gasteiger partial charge in [-0.1, -0.05) is 26.0 Å². The van der Waals surface area contributed by atoms with Gasteiger partial charge in [0.15, 0.2) is 0 Å². The van der Waals surface area contributed by atoms with Crippen LogP contribution < -0.4 is 10.2 Å². The van der Waals surface area contributed by atoms with Crippen molar-refractivity contribution >= 4 is 5.69 Å². The van der Waals surface area contributed by atoms with Crippen LogP contribution in [0.25, 0.3) is 0 Å². The minimum atomic E-state index is 0.0793. The second kappa shape index (κ2) is 5.93. The Labute approximate surface area is 116 Å². The molecule has 0 aliphatic carbocycles. The Kier molecular flexibility index (Phi) is 4.48. The van der Waals surface area contributed by atoms with Gasteiger partial charge in [-0.15, -0.1) is 0 Å². The third kappa shape index (κ3) is 3.71. The van der Waals surface area contributed by atoms with Crippen molar-refractivity contribution in [3.05, 3.63) is 29.8 Å². The third-order valence-electron chi connectivity index (χ3n) is 3.61. The summed E-state index contributed by atoms with van der Waals surface area (Å²) in [5.74, 6) is 0. The smallest absolute Gasteiger partial charge is 0.0694 e. The number of benzene rings is 1. The van der Waals surface area contributed by atoms with Gasteiger partial charge in [0, 0.05) is 24.8 Å². The molecular formula is C16H26N2O. The Balaban J connectivity index is 2.05. The van der Waals surface area contributed by atoms with Gasteiger partial charge >= 0.3 is 0 Å².